The zero-order valence-electron chi connectivity index (χ0n) is 14.8. The van der Waals surface area contributed by atoms with Crippen molar-refractivity contribution in [1.82, 2.24) is 14.8 Å². The monoisotopic (exact) mass is 341 g/mol. The molecule has 2 aliphatic rings. The summed E-state index contributed by atoms with van der Waals surface area (Å²) in [6.45, 7) is 5.84. The van der Waals surface area contributed by atoms with Crippen molar-refractivity contribution in [3.05, 3.63) is 53.1 Å². The molecule has 5 heteroatoms. The predicted molar refractivity (Wildman–Crippen MR) is 95.7 cm³/mol. The third kappa shape index (κ3) is 2.76. The molecule has 132 valence electrons. The fraction of sp³-hybridized carbons (Fsp3) is 0.450. The Balaban J connectivity index is 1.70. The fourth-order valence-electron chi connectivity index (χ4n) is 4.42. The highest BCUT2D eigenvalue weighted by Gasteiger charge is 2.39. The number of carbonyl (C=O) groups excluding carboxylic acids is 1. The lowest BCUT2D eigenvalue weighted by molar-refractivity contribution is 0.0679. The van der Waals surface area contributed by atoms with Crippen LogP contribution < -0.4 is 5.32 Å². The summed E-state index contributed by atoms with van der Waals surface area (Å²) in [6.07, 6.45) is 3.22. The van der Waals surface area contributed by atoms with Crippen molar-refractivity contribution in [1.29, 1.82) is 0 Å². The Morgan fingerprint density at radius 2 is 1.84 bits per heavy atom. The highest BCUT2D eigenvalue weighted by molar-refractivity contribution is 5.96. The average Bonchev–Trinajstić information content (AvgIpc) is 3.02. The summed E-state index contributed by atoms with van der Waals surface area (Å²) < 4.78 is 15.3. The number of amides is 1. The second-order valence-electron chi connectivity index (χ2n) is 7.19. The van der Waals surface area contributed by atoms with E-state index in [4.69, 9.17) is 0 Å². The summed E-state index contributed by atoms with van der Waals surface area (Å²) >= 11 is 0. The van der Waals surface area contributed by atoms with Crippen LogP contribution in [0.2, 0.25) is 0 Å². The van der Waals surface area contributed by atoms with Crippen LogP contribution in [0.5, 0.6) is 0 Å². The van der Waals surface area contributed by atoms with E-state index >= 15 is 0 Å². The van der Waals surface area contributed by atoms with Gasteiger partial charge in [-0.1, -0.05) is 0 Å². The molecule has 1 amide bonds. The molecule has 0 aliphatic carbocycles. The first-order valence-corrected chi connectivity index (χ1v) is 9.04. The molecule has 1 aromatic carbocycles. The summed E-state index contributed by atoms with van der Waals surface area (Å²) in [4.78, 5) is 15.4. The Morgan fingerprint density at radius 3 is 2.60 bits per heavy atom. The van der Waals surface area contributed by atoms with Gasteiger partial charge in [0.25, 0.3) is 5.91 Å². The first-order valence-electron chi connectivity index (χ1n) is 9.04. The third-order valence-corrected chi connectivity index (χ3v) is 5.64. The molecular formula is C20H24FN3O. The van der Waals surface area contributed by atoms with Gasteiger partial charge in [-0.2, -0.15) is 0 Å². The van der Waals surface area contributed by atoms with E-state index in [1.54, 1.807) is 12.1 Å². The van der Waals surface area contributed by atoms with Crippen molar-refractivity contribution in [2.45, 2.75) is 45.2 Å². The van der Waals surface area contributed by atoms with E-state index < -0.39 is 0 Å². The molecule has 2 atom stereocenters. The lowest BCUT2D eigenvalue weighted by Gasteiger charge is -2.28. The molecule has 2 bridgehead atoms. The molecule has 25 heavy (non-hydrogen) atoms. The van der Waals surface area contributed by atoms with Crippen LogP contribution in [-0.4, -0.2) is 40.5 Å². The van der Waals surface area contributed by atoms with Gasteiger partial charge in [0.2, 0.25) is 0 Å². The minimum absolute atomic E-state index is 0.137. The maximum absolute atomic E-state index is 13.3. The van der Waals surface area contributed by atoms with Gasteiger partial charge in [-0.15, -0.1) is 0 Å². The van der Waals surface area contributed by atoms with Crippen LogP contribution in [0.15, 0.2) is 30.3 Å². The maximum Gasteiger partial charge on any atom is 0.256 e. The van der Waals surface area contributed by atoms with Gasteiger partial charge in [0.1, 0.15) is 5.82 Å². The van der Waals surface area contributed by atoms with Crippen molar-refractivity contribution < 1.29 is 9.18 Å². The van der Waals surface area contributed by atoms with E-state index in [0.717, 1.165) is 55.0 Å². The zero-order chi connectivity index (χ0) is 17.6. The molecular weight excluding hydrogens is 317 g/mol. The molecule has 2 unspecified atom stereocenters. The smallest absolute Gasteiger partial charge is 0.256 e. The molecule has 1 aromatic heterocycles. The molecule has 2 fully saturated rings. The molecule has 4 nitrogen and oxygen atoms in total. The van der Waals surface area contributed by atoms with Gasteiger partial charge in [0.15, 0.2) is 0 Å². The van der Waals surface area contributed by atoms with Crippen molar-refractivity contribution in [2.24, 2.45) is 0 Å². The number of nitrogens with one attached hydrogen (secondary N) is 1. The summed E-state index contributed by atoms with van der Waals surface area (Å²) in [6, 6.07) is 9.04. The maximum atomic E-state index is 13.3. The van der Waals surface area contributed by atoms with E-state index in [9.17, 15) is 9.18 Å². The van der Waals surface area contributed by atoms with Crippen molar-refractivity contribution in [3.8, 4) is 5.69 Å². The number of aromatic nitrogens is 1. The molecule has 4 rings (SSSR count). The van der Waals surface area contributed by atoms with Gasteiger partial charge in [-0.25, -0.2) is 4.39 Å². The molecule has 0 spiro atoms. The molecule has 0 saturated carbocycles. The number of hydrogen-bond donors (Lipinski definition) is 1. The third-order valence-electron chi connectivity index (χ3n) is 5.64. The standard InChI is InChI=1S/C20H24FN3O/c1-13-11-19(14(2)23(13)16-5-3-15(21)4-6-16)20(25)24-17-7-8-18(24)12-22-10-9-17/h3-6,11,17-18,22H,7-10,12H2,1-2H3. The number of hydrogen-bond acceptors (Lipinski definition) is 2. The molecule has 1 N–H and O–H groups in total. The number of fused-ring (bicyclic) bond motifs is 2. The van der Waals surface area contributed by atoms with E-state index in [1.165, 1.54) is 12.1 Å². The number of carbonyl (C=O) groups is 1. The Labute approximate surface area is 147 Å². The first kappa shape index (κ1) is 16.3. The molecule has 3 heterocycles. The van der Waals surface area contributed by atoms with Crippen LogP contribution in [0.3, 0.4) is 0 Å². The Bertz CT molecular complexity index is 782. The van der Waals surface area contributed by atoms with E-state index in [2.05, 4.69) is 10.2 Å². The summed E-state index contributed by atoms with van der Waals surface area (Å²) in [5, 5.41) is 3.44. The SMILES string of the molecule is Cc1cc(C(=O)N2C3CCNCC2CC3)c(C)n1-c1ccc(F)cc1. The fourth-order valence-corrected chi connectivity index (χ4v) is 4.42. The van der Waals surface area contributed by atoms with Crippen molar-refractivity contribution >= 4 is 5.91 Å². The quantitative estimate of drug-likeness (QED) is 0.911. The summed E-state index contributed by atoms with van der Waals surface area (Å²) in [5.74, 6) is -0.117. The number of rotatable bonds is 2. The van der Waals surface area contributed by atoms with Crippen LogP contribution in [0, 0.1) is 19.7 Å². The Morgan fingerprint density at radius 1 is 1.12 bits per heavy atom. The van der Waals surface area contributed by atoms with Gasteiger partial charge < -0.3 is 14.8 Å². The van der Waals surface area contributed by atoms with Crippen LogP contribution in [-0.2, 0) is 0 Å². The lowest BCUT2D eigenvalue weighted by Crippen LogP contribution is -2.42. The van der Waals surface area contributed by atoms with Crippen molar-refractivity contribution in [2.75, 3.05) is 13.1 Å². The van der Waals surface area contributed by atoms with Gasteiger partial charge in [-0.05, 0) is 70.0 Å². The van der Waals surface area contributed by atoms with Crippen LogP contribution >= 0.6 is 0 Å². The number of halogens is 1. The molecule has 0 radical (unpaired) electrons. The molecule has 2 saturated heterocycles. The largest absolute Gasteiger partial charge is 0.331 e. The second-order valence-corrected chi connectivity index (χ2v) is 7.19. The van der Waals surface area contributed by atoms with Crippen LogP contribution in [0.1, 0.15) is 41.0 Å². The lowest BCUT2D eigenvalue weighted by atomic mass is 10.1. The summed E-state index contributed by atoms with van der Waals surface area (Å²) in [5.41, 5.74) is 3.56. The van der Waals surface area contributed by atoms with Gasteiger partial charge in [0.05, 0.1) is 5.56 Å². The van der Waals surface area contributed by atoms with E-state index in [0.29, 0.717) is 12.1 Å². The highest BCUT2D eigenvalue weighted by Crippen LogP contribution is 2.31. The highest BCUT2D eigenvalue weighted by atomic mass is 19.1. The Kier molecular flexibility index (Phi) is 4.12. The number of benzene rings is 1. The minimum Gasteiger partial charge on any atom is -0.331 e. The topological polar surface area (TPSA) is 37.3 Å². The van der Waals surface area contributed by atoms with Crippen molar-refractivity contribution in [3.63, 3.8) is 0 Å². The van der Waals surface area contributed by atoms with E-state index in [-0.39, 0.29) is 11.7 Å². The van der Waals surface area contributed by atoms with Gasteiger partial charge >= 0.3 is 0 Å². The number of nitrogens with zero attached hydrogens (tertiary/aromatic N) is 2. The minimum atomic E-state index is -0.254. The zero-order valence-corrected chi connectivity index (χ0v) is 14.8. The van der Waals surface area contributed by atoms with Crippen LogP contribution in [0.4, 0.5) is 4.39 Å². The van der Waals surface area contributed by atoms with Gasteiger partial charge in [-0.3, -0.25) is 4.79 Å². The average molecular weight is 341 g/mol. The molecule has 2 aliphatic heterocycles. The normalized spacial score (nSPS) is 22.9. The van der Waals surface area contributed by atoms with E-state index in [1.807, 2.05) is 24.5 Å². The molecule has 2 aromatic rings. The van der Waals surface area contributed by atoms with Gasteiger partial charge in [0, 0.05) is 35.7 Å². The summed E-state index contributed by atoms with van der Waals surface area (Å²) in [7, 11) is 0. The van der Waals surface area contributed by atoms with Crippen LogP contribution in [0.25, 0.3) is 5.69 Å². The number of aryl methyl sites for hydroxylation is 1. The Hall–Kier alpha value is -2.14. The second kappa shape index (κ2) is 6.30. The first-order chi connectivity index (χ1) is 12.1. The predicted octanol–water partition coefficient (Wildman–Crippen LogP) is 3.20.